The summed E-state index contributed by atoms with van der Waals surface area (Å²) in [7, 11) is 1.66. The first-order valence-corrected chi connectivity index (χ1v) is 9.28. The topological polar surface area (TPSA) is 47.6 Å². The van der Waals surface area contributed by atoms with Crippen LogP contribution in [0.4, 0.5) is 0 Å². The second-order valence-corrected chi connectivity index (χ2v) is 6.77. The molecule has 1 aliphatic rings. The number of carbonyl (C=O) groups is 1. The highest BCUT2D eigenvalue weighted by Crippen LogP contribution is 2.36. The molecule has 26 heavy (non-hydrogen) atoms. The molecule has 138 valence electrons. The van der Waals surface area contributed by atoms with Gasteiger partial charge in [-0.3, -0.25) is 4.79 Å². The summed E-state index contributed by atoms with van der Waals surface area (Å²) in [5.41, 5.74) is 1.65. The molecular formula is C22H27NO3. The van der Waals surface area contributed by atoms with Gasteiger partial charge in [0.2, 0.25) is 5.91 Å². The molecule has 1 unspecified atom stereocenters. The van der Waals surface area contributed by atoms with Gasteiger partial charge in [-0.05, 0) is 42.5 Å². The Bertz CT molecular complexity index is 706. The second-order valence-electron chi connectivity index (χ2n) is 6.77. The van der Waals surface area contributed by atoms with E-state index in [1.165, 1.54) is 0 Å². The third kappa shape index (κ3) is 3.75. The number of rotatable bonds is 6. The molecule has 2 aromatic rings. The Hall–Kier alpha value is -2.33. The monoisotopic (exact) mass is 353 g/mol. The Morgan fingerprint density at radius 3 is 2.35 bits per heavy atom. The van der Waals surface area contributed by atoms with Crippen molar-refractivity contribution in [3.8, 4) is 5.75 Å². The molecule has 1 N–H and O–H groups in total. The van der Waals surface area contributed by atoms with Crippen molar-refractivity contribution in [2.24, 2.45) is 0 Å². The van der Waals surface area contributed by atoms with E-state index in [0.717, 1.165) is 23.3 Å². The fourth-order valence-corrected chi connectivity index (χ4v) is 3.68. The van der Waals surface area contributed by atoms with Gasteiger partial charge >= 0.3 is 0 Å². The van der Waals surface area contributed by atoms with Gasteiger partial charge in [0.05, 0.1) is 18.6 Å². The first kappa shape index (κ1) is 18.5. The van der Waals surface area contributed by atoms with Crippen LogP contribution < -0.4 is 10.1 Å². The van der Waals surface area contributed by atoms with Crippen LogP contribution in [0.1, 0.15) is 43.4 Å². The van der Waals surface area contributed by atoms with Gasteiger partial charge in [-0.1, -0.05) is 49.4 Å². The van der Waals surface area contributed by atoms with E-state index in [1.807, 2.05) is 42.5 Å². The summed E-state index contributed by atoms with van der Waals surface area (Å²) in [6, 6.07) is 18.0. The van der Waals surface area contributed by atoms with Crippen molar-refractivity contribution >= 4 is 5.91 Å². The van der Waals surface area contributed by atoms with Crippen LogP contribution in [0, 0.1) is 0 Å². The summed E-state index contributed by atoms with van der Waals surface area (Å²) in [5.74, 6) is 0.912. The highest BCUT2D eigenvalue weighted by atomic mass is 16.5. The van der Waals surface area contributed by atoms with E-state index in [-0.39, 0.29) is 11.9 Å². The van der Waals surface area contributed by atoms with E-state index >= 15 is 0 Å². The molecule has 0 spiro atoms. The third-order valence-electron chi connectivity index (χ3n) is 5.34. The summed E-state index contributed by atoms with van der Waals surface area (Å²) < 4.78 is 10.8. The highest BCUT2D eigenvalue weighted by Gasteiger charge is 2.42. The first-order valence-electron chi connectivity index (χ1n) is 9.28. The molecule has 3 rings (SSSR count). The minimum Gasteiger partial charge on any atom is -0.497 e. The van der Waals surface area contributed by atoms with E-state index in [1.54, 1.807) is 7.11 Å². The molecule has 0 aliphatic carbocycles. The van der Waals surface area contributed by atoms with Crippen molar-refractivity contribution in [3.63, 3.8) is 0 Å². The van der Waals surface area contributed by atoms with Crippen LogP contribution in [-0.2, 0) is 14.9 Å². The summed E-state index contributed by atoms with van der Waals surface area (Å²) in [4.78, 5) is 13.4. The Labute approximate surface area is 155 Å². The van der Waals surface area contributed by atoms with E-state index in [9.17, 15) is 4.79 Å². The van der Waals surface area contributed by atoms with Gasteiger partial charge in [-0.15, -0.1) is 0 Å². The van der Waals surface area contributed by atoms with Gasteiger partial charge in [-0.25, -0.2) is 0 Å². The number of hydrogen-bond acceptors (Lipinski definition) is 3. The summed E-state index contributed by atoms with van der Waals surface area (Å²) in [5, 5.41) is 3.29. The zero-order valence-electron chi connectivity index (χ0n) is 15.5. The average Bonchev–Trinajstić information content (AvgIpc) is 2.73. The number of ether oxygens (including phenoxy) is 2. The van der Waals surface area contributed by atoms with Gasteiger partial charge in [0.1, 0.15) is 5.75 Å². The number of hydrogen-bond donors (Lipinski definition) is 1. The molecule has 1 atom stereocenters. The van der Waals surface area contributed by atoms with Crippen LogP contribution in [0.3, 0.4) is 0 Å². The molecule has 1 saturated heterocycles. The predicted molar refractivity (Wildman–Crippen MR) is 102 cm³/mol. The van der Waals surface area contributed by atoms with E-state index in [2.05, 4.69) is 24.4 Å². The summed E-state index contributed by atoms with van der Waals surface area (Å²) >= 11 is 0. The lowest BCUT2D eigenvalue weighted by molar-refractivity contribution is -0.131. The lowest BCUT2D eigenvalue weighted by Crippen LogP contribution is -2.48. The van der Waals surface area contributed by atoms with Crippen LogP contribution in [-0.4, -0.2) is 26.2 Å². The lowest BCUT2D eigenvalue weighted by atomic mass is 9.73. The van der Waals surface area contributed by atoms with Crippen LogP contribution in [0.25, 0.3) is 0 Å². The van der Waals surface area contributed by atoms with E-state index in [0.29, 0.717) is 26.1 Å². The number of carbonyl (C=O) groups excluding carboxylic acids is 1. The van der Waals surface area contributed by atoms with Gasteiger partial charge in [0.25, 0.3) is 0 Å². The maximum absolute atomic E-state index is 13.4. The summed E-state index contributed by atoms with van der Waals surface area (Å²) in [6.07, 6.45) is 2.25. The van der Waals surface area contributed by atoms with Gasteiger partial charge in [-0.2, -0.15) is 0 Å². The van der Waals surface area contributed by atoms with Crippen LogP contribution in [0.5, 0.6) is 5.75 Å². The van der Waals surface area contributed by atoms with Crippen molar-refractivity contribution in [2.75, 3.05) is 20.3 Å². The molecule has 0 aromatic heterocycles. The number of benzene rings is 2. The van der Waals surface area contributed by atoms with Gasteiger partial charge in [0, 0.05) is 13.2 Å². The van der Waals surface area contributed by atoms with Crippen molar-refractivity contribution in [2.45, 2.75) is 37.6 Å². The Kier molecular flexibility index (Phi) is 5.94. The molecule has 1 fully saturated rings. The quantitative estimate of drug-likeness (QED) is 0.853. The average molecular weight is 353 g/mol. The van der Waals surface area contributed by atoms with E-state index in [4.69, 9.17) is 9.47 Å². The third-order valence-corrected chi connectivity index (χ3v) is 5.34. The normalized spacial score (nSPS) is 17.3. The van der Waals surface area contributed by atoms with Crippen molar-refractivity contribution < 1.29 is 14.3 Å². The molecule has 1 heterocycles. The first-order chi connectivity index (χ1) is 12.7. The molecule has 0 radical (unpaired) electrons. The largest absolute Gasteiger partial charge is 0.497 e. The van der Waals surface area contributed by atoms with Crippen molar-refractivity contribution in [3.05, 3.63) is 65.7 Å². The van der Waals surface area contributed by atoms with Crippen LogP contribution in [0.2, 0.25) is 0 Å². The standard InChI is InChI=1S/C22H27NO3/c1-3-20(17-9-11-19(25-2)12-10-17)23-21(24)22(13-15-26-16-14-22)18-7-5-4-6-8-18/h4-12,20H,3,13-16H2,1-2H3,(H,23,24). The zero-order valence-corrected chi connectivity index (χ0v) is 15.5. The molecule has 4 heteroatoms. The Morgan fingerprint density at radius 1 is 1.12 bits per heavy atom. The maximum Gasteiger partial charge on any atom is 0.231 e. The highest BCUT2D eigenvalue weighted by molar-refractivity contribution is 5.88. The van der Waals surface area contributed by atoms with Crippen LogP contribution in [0.15, 0.2) is 54.6 Å². The second kappa shape index (κ2) is 8.37. The number of nitrogens with one attached hydrogen (secondary N) is 1. The fraction of sp³-hybridized carbons (Fsp3) is 0.409. The Morgan fingerprint density at radius 2 is 1.77 bits per heavy atom. The summed E-state index contributed by atoms with van der Waals surface area (Å²) in [6.45, 7) is 3.32. The SMILES string of the molecule is CCC(NC(=O)C1(c2ccccc2)CCOCC1)c1ccc(OC)cc1. The molecule has 1 aliphatic heterocycles. The number of amides is 1. The number of methoxy groups -OCH3 is 1. The molecule has 1 amide bonds. The van der Waals surface area contributed by atoms with Crippen LogP contribution >= 0.6 is 0 Å². The van der Waals surface area contributed by atoms with Gasteiger partial charge < -0.3 is 14.8 Å². The molecule has 2 aromatic carbocycles. The lowest BCUT2D eigenvalue weighted by Gasteiger charge is -2.37. The minimum absolute atomic E-state index is 0.0168. The predicted octanol–water partition coefficient (Wildman–Crippen LogP) is 4.01. The fourth-order valence-electron chi connectivity index (χ4n) is 3.68. The maximum atomic E-state index is 13.4. The molecule has 4 nitrogen and oxygen atoms in total. The molecular weight excluding hydrogens is 326 g/mol. The minimum atomic E-state index is -0.514. The van der Waals surface area contributed by atoms with Crippen molar-refractivity contribution in [1.82, 2.24) is 5.32 Å². The zero-order chi connectivity index (χ0) is 18.4. The van der Waals surface area contributed by atoms with E-state index < -0.39 is 5.41 Å². The Balaban J connectivity index is 1.84. The smallest absolute Gasteiger partial charge is 0.231 e. The van der Waals surface area contributed by atoms with Gasteiger partial charge in [0.15, 0.2) is 0 Å². The molecule has 0 saturated carbocycles. The van der Waals surface area contributed by atoms with Crippen molar-refractivity contribution in [1.29, 1.82) is 0 Å². The molecule has 0 bridgehead atoms.